The second-order valence-corrected chi connectivity index (χ2v) is 4.58. The van der Waals surface area contributed by atoms with Gasteiger partial charge in [-0.1, -0.05) is 60.7 Å². The fraction of sp³-hybridized carbons (Fsp3) is 0.118. The number of rotatable bonds is 4. The van der Waals surface area contributed by atoms with Crippen LogP contribution in [0, 0.1) is 0 Å². The molecule has 0 aliphatic heterocycles. The summed E-state index contributed by atoms with van der Waals surface area (Å²) in [5.74, 6) is 0.540. The molecule has 1 N–H and O–H groups in total. The summed E-state index contributed by atoms with van der Waals surface area (Å²) < 4.78 is 5.53. The lowest BCUT2D eigenvalue weighted by molar-refractivity contribution is 0.279. The molecule has 3 rings (SSSR count). The highest BCUT2D eigenvalue weighted by atomic mass is 16.3. The van der Waals surface area contributed by atoms with E-state index in [0.29, 0.717) is 5.76 Å². The van der Waals surface area contributed by atoms with Gasteiger partial charge in [-0.15, -0.1) is 0 Å². The zero-order valence-corrected chi connectivity index (χ0v) is 10.9. The van der Waals surface area contributed by atoms with E-state index in [1.54, 1.807) is 0 Å². The number of aliphatic hydroxyl groups excluding tert-OH is 1. The number of nitrogens with zero attached hydrogens (tertiary/aromatic N) is 1. The van der Waals surface area contributed by atoms with Gasteiger partial charge >= 0.3 is 0 Å². The lowest BCUT2D eigenvalue weighted by atomic mass is 9.94. The molecule has 2 aromatic carbocycles. The van der Waals surface area contributed by atoms with Crippen molar-refractivity contribution >= 4 is 0 Å². The normalized spacial score (nSPS) is 12.2. The van der Waals surface area contributed by atoms with Crippen molar-refractivity contribution in [1.29, 1.82) is 0 Å². The Labute approximate surface area is 117 Å². The van der Waals surface area contributed by atoms with E-state index >= 15 is 0 Å². The molecule has 3 heteroatoms. The quantitative estimate of drug-likeness (QED) is 0.785. The van der Waals surface area contributed by atoms with E-state index in [9.17, 15) is 5.11 Å². The third-order valence-electron chi connectivity index (χ3n) is 3.35. The summed E-state index contributed by atoms with van der Waals surface area (Å²) in [5, 5.41) is 9.74. The Morgan fingerprint density at radius 2 is 1.60 bits per heavy atom. The first-order chi connectivity index (χ1) is 9.90. The van der Waals surface area contributed by atoms with Crippen LogP contribution in [-0.2, 0) is 0 Å². The summed E-state index contributed by atoms with van der Waals surface area (Å²) in [6.45, 7) is -0.00359. The van der Waals surface area contributed by atoms with Crippen LogP contribution < -0.4 is 0 Å². The molecule has 1 heterocycles. The largest absolute Gasteiger partial charge is 0.443 e. The van der Waals surface area contributed by atoms with Gasteiger partial charge in [0.05, 0.1) is 18.2 Å². The average molecular weight is 265 g/mol. The van der Waals surface area contributed by atoms with Crippen LogP contribution >= 0.6 is 0 Å². The topological polar surface area (TPSA) is 46.3 Å². The van der Waals surface area contributed by atoms with Crippen molar-refractivity contribution in [3.05, 3.63) is 78.3 Å². The van der Waals surface area contributed by atoms with Gasteiger partial charge < -0.3 is 9.52 Å². The molecule has 1 atom stereocenters. The molecule has 0 fully saturated rings. The van der Waals surface area contributed by atoms with Gasteiger partial charge in [0.2, 0.25) is 0 Å². The van der Waals surface area contributed by atoms with Gasteiger partial charge in [-0.25, -0.2) is 4.98 Å². The first kappa shape index (κ1) is 12.6. The van der Waals surface area contributed by atoms with Gasteiger partial charge in [-0.2, -0.15) is 0 Å². The average Bonchev–Trinajstić information content (AvgIpc) is 2.99. The van der Waals surface area contributed by atoms with Crippen molar-refractivity contribution in [1.82, 2.24) is 4.98 Å². The van der Waals surface area contributed by atoms with Crippen LogP contribution in [0.3, 0.4) is 0 Å². The highest BCUT2D eigenvalue weighted by Gasteiger charge is 2.21. The van der Waals surface area contributed by atoms with E-state index in [0.717, 1.165) is 16.8 Å². The third kappa shape index (κ3) is 2.36. The Bertz CT molecular complexity index is 662. The molecule has 3 aromatic rings. The molecule has 0 saturated heterocycles. The predicted octanol–water partition coefficient (Wildman–Crippen LogP) is 3.47. The highest BCUT2D eigenvalue weighted by Crippen LogP contribution is 2.32. The number of aliphatic hydroxyl groups is 1. The second kappa shape index (κ2) is 5.72. The van der Waals surface area contributed by atoms with Gasteiger partial charge in [0.25, 0.3) is 0 Å². The van der Waals surface area contributed by atoms with Gasteiger partial charge in [0.1, 0.15) is 0 Å². The first-order valence-electron chi connectivity index (χ1n) is 6.54. The molecule has 0 bridgehead atoms. The fourth-order valence-corrected chi connectivity index (χ4v) is 2.34. The standard InChI is InChI=1S/C17H15NO2/c19-11-15(13-7-3-1-4-8-13)16-17(20-12-18-16)14-9-5-2-6-10-14/h1-10,12,15,19H,11H2. The number of hydrogen-bond donors (Lipinski definition) is 1. The van der Waals surface area contributed by atoms with Crippen molar-refractivity contribution < 1.29 is 9.52 Å². The minimum Gasteiger partial charge on any atom is -0.443 e. The van der Waals surface area contributed by atoms with Crippen molar-refractivity contribution in [2.75, 3.05) is 6.61 Å². The van der Waals surface area contributed by atoms with Crippen LogP contribution in [0.5, 0.6) is 0 Å². The summed E-state index contributed by atoms with van der Waals surface area (Å²) in [5.41, 5.74) is 2.76. The van der Waals surface area contributed by atoms with E-state index in [4.69, 9.17) is 4.42 Å². The SMILES string of the molecule is OCC(c1ccccc1)c1ncoc1-c1ccccc1. The maximum atomic E-state index is 9.74. The zero-order chi connectivity index (χ0) is 13.8. The number of aromatic nitrogens is 1. The Balaban J connectivity index is 2.04. The Kier molecular flexibility index (Phi) is 3.61. The van der Waals surface area contributed by atoms with Crippen molar-refractivity contribution in [3.8, 4) is 11.3 Å². The molecule has 0 radical (unpaired) electrons. The Hall–Kier alpha value is -2.39. The number of oxazole rings is 1. The third-order valence-corrected chi connectivity index (χ3v) is 3.35. The summed E-state index contributed by atoms with van der Waals surface area (Å²) >= 11 is 0. The molecule has 0 saturated carbocycles. The van der Waals surface area contributed by atoms with Gasteiger partial charge in [-0.05, 0) is 5.56 Å². The minimum absolute atomic E-state index is 0.00359. The van der Waals surface area contributed by atoms with Gasteiger partial charge in [0, 0.05) is 5.56 Å². The number of hydrogen-bond acceptors (Lipinski definition) is 3. The predicted molar refractivity (Wildman–Crippen MR) is 77.3 cm³/mol. The maximum absolute atomic E-state index is 9.74. The second-order valence-electron chi connectivity index (χ2n) is 4.58. The van der Waals surface area contributed by atoms with Crippen molar-refractivity contribution in [2.24, 2.45) is 0 Å². The molecule has 1 aromatic heterocycles. The lowest BCUT2D eigenvalue weighted by Crippen LogP contribution is -2.07. The maximum Gasteiger partial charge on any atom is 0.181 e. The molecular formula is C17H15NO2. The molecule has 0 amide bonds. The summed E-state index contributed by atoms with van der Waals surface area (Å²) in [7, 11) is 0. The molecule has 0 aliphatic carbocycles. The molecule has 1 unspecified atom stereocenters. The summed E-state index contributed by atoms with van der Waals surface area (Å²) in [6, 6.07) is 19.7. The van der Waals surface area contributed by atoms with Crippen LogP contribution in [0.2, 0.25) is 0 Å². The summed E-state index contributed by atoms with van der Waals surface area (Å²) in [4.78, 5) is 4.31. The number of benzene rings is 2. The highest BCUT2D eigenvalue weighted by molar-refractivity contribution is 5.61. The van der Waals surface area contributed by atoms with Crippen LogP contribution in [0.15, 0.2) is 71.5 Å². The van der Waals surface area contributed by atoms with Crippen LogP contribution in [0.1, 0.15) is 17.2 Å². The van der Waals surface area contributed by atoms with Crippen LogP contribution in [-0.4, -0.2) is 16.7 Å². The fourth-order valence-electron chi connectivity index (χ4n) is 2.34. The lowest BCUT2D eigenvalue weighted by Gasteiger charge is -2.13. The molecular weight excluding hydrogens is 250 g/mol. The van der Waals surface area contributed by atoms with Crippen LogP contribution in [0.25, 0.3) is 11.3 Å². The van der Waals surface area contributed by atoms with Crippen molar-refractivity contribution in [3.63, 3.8) is 0 Å². The molecule has 0 aliphatic rings. The van der Waals surface area contributed by atoms with Crippen LogP contribution in [0.4, 0.5) is 0 Å². The Morgan fingerprint density at radius 3 is 2.25 bits per heavy atom. The minimum atomic E-state index is -0.176. The van der Waals surface area contributed by atoms with E-state index < -0.39 is 0 Å². The monoisotopic (exact) mass is 265 g/mol. The molecule has 3 nitrogen and oxygen atoms in total. The van der Waals surface area contributed by atoms with E-state index in [-0.39, 0.29) is 12.5 Å². The first-order valence-corrected chi connectivity index (χ1v) is 6.54. The Morgan fingerprint density at radius 1 is 0.950 bits per heavy atom. The molecule has 20 heavy (non-hydrogen) atoms. The summed E-state index contributed by atoms with van der Waals surface area (Å²) in [6.07, 6.45) is 1.43. The molecule has 100 valence electrons. The van der Waals surface area contributed by atoms with Gasteiger partial charge in [0.15, 0.2) is 12.2 Å². The zero-order valence-electron chi connectivity index (χ0n) is 10.9. The smallest absolute Gasteiger partial charge is 0.181 e. The molecule has 0 spiro atoms. The van der Waals surface area contributed by atoms with Crippen molar-refractivity contribution in [2.45, 2.75) is 5.92 Å². The van der Waals surface area contributed by atoms with E-state index in [2.05, 4.69) is 4.98 Å². The van der Waals surface area contributed by atoms with E-state index in [1.165, 1.54) is 6.39 Å². The van der Waals surface area contributed by atoms with Gasteiger partial charge in [-0.3, -0.25) is 0 Å². The van der Waals surface area contributed by atoms with E-state index in [1.807, 2.05) is 60.7 Å².